The molecule has 0 N–H and O–H groups in total. The first kappa shape index (κ1) is 12.8. The van der Waals surface area contributed by atoms with E-state index in [1.54, 1.807) is 4.90 Å². The molecule has 1 heterocycles. The van der Waals surface area contributed by atoms with Crippen molar-refractivity contribution in [3.63, 3.8) is 0 Å². The van der Waals surface area contributed by atoms with Crippen LogP contribution in [0, 0.1) is 6.92 Å². The molecule has 5 heteroatoms. The van der Waals surface area contributed by atoms with Gasteiger partial charge in [-0.05, 0) is 24.6 Å². The summed E-state index contributed by atoms with van der Waals surface area (Å²) in [6, 6.07) is 5.64. The molecule has 0 unspecified atom stereocenters. The van der Waals surface area contributed by atoms with Crippen LogP contribution >= 0.6 is 15.9 Å². The van der Waals surface area contributed by atoms with Crippen molar-refractivity contribution >= 4 is 32.6 Å². The minimum atomic E-state index is -0.747. The number of carbonyl (C=O) groups excluding carboxylic acids is 1. The molecule has 1 aromatic rings. The third-order valence-corrected chi connectivity index (χ3v) is 5.10. The van der Waals surface area contributed by atoms with Crippen molar-refractivity contribution in [3.05, 3.63) is 33.8 Å². The summed E-state index contributed by atoms with van der Waals surface area (Å²) in [6.45, 7) is 3.12. The molecular weight excluding hydrogens is 302 g/mol. The van der Waals surface area contributed by atoms with Crippen molar-refractivity contribution < 1.29 is 9.00 Å². The van der Waals surface area contributed by atoms with E-state index in [0.29, 0.717) is 24.6 Å². The minimum absolute atomic E-state index is 0.0421. The molecule has 0 spiro atoms. The van der Waals surface area contributed by atoms with Crippen molar-refractivity contribution in [2.75, 3.05) is 24.6 Å². The first-order valence-corrected chi connectivity index (χ1v) is 7.77. The summed E-state index contributed by atoms with van der Waals surface area (Å²) in [5, 5.41) is 0. The van der Waals surface area contributed by atoms with Crippen LogP contribution in [0.25, 0.3) is 0 Å². The lowest BCUT2D eigenvalue weighted by molar-refractivity contribution is 0.0770. The van der Waals surface area contributed by atoms with Crippen molar-refractivity contribution in [1.29, 1.82) is 0 Å². The van der Waals surface area contributed by atoms with Crippen LogP contribution in [-0.4, -0.2) is 39.6 Å². The van der Waals surface area contributed by atoms with Crippen LogP contribution in [0.15, 0.2) is 22.7 Å². The Morgan fingerprint density at radius 2 is 2.00 bits per heavy atom. The molecular formula is C12H14BrNO2S. The van der Waals surface area contributed by atoms with Gasteiger partial charge in [0.1, 0.15) is 0 Å². The van der Waals surface area contributed by atoms with E-state index in [4.69, 9.17) is 0 Å². The molecule has 0 aromatic heterocycles. The highest BCUT2D eigenvalue weighted by atomic mass is 79.9. The van der Waals surface area contributed by atoms with Gasteiger partial charge in [0, 0.05) is 45.4 Å². The number of carbonyl (C=O) groups is 1. The van der Waals surface area contributed by atoms with Gasteiger partial charge < -0.3 is 4.90 Å². The van der Waals surface area contributed by atoms with Crippen molar-refractivity contribution in [2.24, 2.45) is 0 Å². The van der Waals surface area contributed by atoms with Crippen LogP contribution in [0.2, 0.25) is 0 Å². The van der Waals surface area contributed by atoms with E-state index in [1.807, 2.05) is 25.1 Å². The maximum Gasteiger partial charge on any atom is 0.254 e. The van der Waals surface area contributed by atoms with Gasteiger partial charge in [0.2, 0.25) is 0 Å². The quantitative estimate of drug-likeness (QED) is 0.794. The molecule has 92 valence electrons. The number of halogens is 1. The molecule has 1 aromatic carbocycles. The number of benzene rings is 1. The third kappa shape index (κ3) is 2.77. The Morgan fingerprint density at radius 3 is 2.65 bits per heavy atom. The Morgan fingerprint density at radius 1 is 1.35 bits per heavy atom. The fourth-order valence-electron chi connectivity index (χ4n) is 1.85. The highest BCUT2D eigenvalue weighted by Gasteiger charge is 2.22. The number of hydrogen-bond acceptors (Lipinski definition) is 2. The normalized spacial score (nSPS) is 17.2. The standard InChI is InChI=1S/C12H14BrNO2S/c1-9-10(3-2-4-11(9)13)12(15)14-5-7-17(16)8-6-14/h2-4H,5-8H2,1H3. The van der Waals surface area contributed by atoms with E-state index in [9.17, 15) is 9.00 Å². The molecule has 17 heavy (non-hydrogen) atoms. The lowest BCUT2D eigenvalue weighted by atomic mass is 10.1. The van der Waals surface area contributed by atoms with Crippen LogP contribution in [0.1, 0.15) is 15.9 Å². The summed E-state index contributed by atoms with van der Waals surface area (Å²) in [6.07, 6.45) is 0. The van der Waals surface area contributed by atoms with Gasteiger partial charge in [-0.2, -0.15) is 0 Å². The second kappa shape index (κ2) is 5.31. The monoisotopic (exact) mass is 315 g/mol. The molecule has 1 saturated heterocycles. The molecule has 0 atom stereocenters. The van der Waals surface area contributed by atoms with Crippen LogP contribution in [0.5, 0.6) is 0 Å². The molecule has 0 aliphatic carbocycles. The van der Waals surface area contributed by atoms with E-state index in [2.05, 4.69) is 15.9 Å². The molecule has 2 rings (SSSR count). The smallest absolute Gasteiger partial charge is 0.254 e. The number of hydrogen-bond donors (Lipinski definition) is 0. The first-order valence-electron chi connectivity index (χ1n) is 5.49. The summed E-state index contributed by atoms with van der Waals surface area (Å²) in [4.78, 5) is 14.1. The van der Waals surface area contributed by atoms with Crippen molar-refractivity contribution in [1.82, 2.24) is 4.90 Å². The highest BCUT2D eigenvalue weighted by Crippen LogP contribution is 2.21. The second-order valence-electron chi connectivity index (χ2n) is 4.05. The summed E-state index contributed by atoms with van der Waals surface area (Å²) >= 11 is 3.43. The van der Waals surface area contributed by atoms with Crippen molar-refractivity contribution in [3.8, 4) is 0 Å². The van der Waals surface area contributed by atoms with Gasteiger partial charge in [0.25, 0.3) is 5.91 Å². The van der Waals surface area contributed by atoms with E-state index < -0.39 is 10.8 Å². The summed E-state index contributed by atoms with van der Waals surface area (Å²) in [5.41, 5.74) is 1.69. The van der Waals surface area contributed by atoms with Gasteiger partial charge in [-0.1, -0.05) is 22.0 Å². The van der Waals surface area contributed by atoms with E-state index in [0.717, 1.165) is 15.6 Å². The lowest BCUT2D eigenvalue weighted by Crippen LogP contribution is -2.42. The fraction of sp³-hybridized carbons (Fsp3) is 0.417. The topological polar surface area (TPSA) is 37.4 Å². The van der Waals surface area contributed by atoms with Gasteiger partial charge in [-0.25, -0.2) is 0 Å². The second-order valence-corrected chi connectivity index (χ2v) is 6.60. The van der Waals surface area contributed by atoms with Crippen LogP contribution < -0.4 is 0 Å². The third-order valence-electron chi connectivity index (χ3n) is 2.96. The molecule has 0 radical (unpaired) electrons. The van der Waals surface area contributed by atoms with Gasteiger partial charge in [-0.3, -0.25) is 9.00 Å². The Balaban J connectivity index is 2.20. The predicted molar refractivity (Wildman–Crippen MR) is 72.7 cm³/mol. The van der Waals surface area contributed by atoms with E-state index in [1.165, 1.54) is 0 Å². The molecule has 1 amide bonds. The number of amides is 1. The summed E-state index contributed by atoms with van der Waals surface area (Å²) in [5.74, 6) is 1.23. The Bertz CT molecular complexity index is 466. The molecule has 0 saturated carbocycles. The van der Waals surface area contributed by atoms with Crippen molar-refractivity contribution in [2.45, 2.75) is 6.92 Å². The molecule has 0 bridgehead atoms. The zero-order chi connectivity index (χ0) is 12.4. The maximum atomic E-state index is 12.3. The predicted octanol–water partition coefficient (Wildman–Crippen LogP) is 1.96. The number of nitrogens with zero attached hydrogens (tertiary/aromatic N) is 1. The average molecular weight is 316 g/mol. The van der Waals surface area contributed by atoms with Crippen LogP contribution in [0.3, 0.4) is 0 Å². The largest absolute Gasteiger partial charge is 0.337 e. The molecule has 1 aliphatic rings. The lowest BCUT2D eigenvalue weighted by Gasteiger charge is -2.27. The zero-order valence-electron chi connectivity index (χ0n) is 9.61. The van der Waals surface area contributed by atoms with E-state index in [-0.39, 0.29) is 5.91 Å². The molecule has 1 aliphatic heterocycles. The highest BCUT2D eigenvalue weighted by molar-refractivity contribution is 9.10. The van der Waals surface area contributed by atoms with Crippen LogP contribution in [0.4, 0.5) is 0 Å². The van der Waals surface area contributed by atoms with Gasteiger partial charge in [-0.15, -0.1) is 0 Å². The molecule has 3 nitrogen and oxygen atoms in total. The Hall–Kier alpha value is -0.680. The summed E-state index contributed by atoms with van der Waals surface area (Å²) in [7, 11) is -0.747. The van der Waals surface area contributed by atoms with E-state index >= 15 is 0 Å². The zero-order valence-corrected chi connectivity index (χ0v) is 12.0. The number of rotatable bonds is 1. The Labute approximate surface area is 112 Å². The maximum absolute atomic E-state index is 12.3. The first-order chi connectivity index (χ1) is 8.09. The fourth-order valence-corrected chi connectivity index (χ4v) is 3.27. The SMILES string of the molecule is Cc1c(Br)cccc1C(=O)N1CCS(=O)CC1. The molecule has 1 fully saturated rings. The minimum Gasteiger partial charge on any atom is -0.337 e. The van der Waals surface area contributed by atoms with Gasteiger partial charge >= 0.3 is 0 Å². The van der Waals surface area contributed by atoms with Gasteiger partial charge in [0.15, 0.2) is 0 Å². The Kier molecular flexibility index (Phi) is 3.99. The van der Waals surface area contributed by atoms with Gasteiger partial charge in [0.05, 0.1) is 0 Å². The summed E-state index contributed by atoms with van der Waals surface area (Å²) < 4.78 is 12.2. The average Bonchev–Trinajstić information content (AvgIpc) is 2.33. The van der Waals surface area contributed by atoms with Crippen LogP contribution in [-0.2, 0) is 10.8 Å².